The molecule has 0 aliphatic rings. The van der Waals surface area contributed by atoms with Crippen LogP contribution < -0.4 is 5.73 Å². The maximum atomic E-state index is 13.7. The van der Waals surface area contributed by atoms with Crippen LogP contribution in [0.4, 0.5) is 8.78 Å². The molecule has 4 aromatic carbocycles. The maximum Gasteiger partial charge on any atom is 0.155 e. The first-order valence-electron chi connectivity index (χ1n) is 10.3. The first-order chi connectivity index (χ1) is 16.1. The molecule has 0 saturated carbocycles. The number of halogens is 2. The molecule has 5 nitrogen and oxygen atoms in total. The molecule has 3 N–H and O–H groups in total. The third-order valence-electron chi connectivity index (χ3n) is 5.79. The van der Waals surface area contributed by atoms with E-state index in [1.54, 1.807) is 24.3 Å². The summed E-state index contributed by atoms with van der Waals surface area (Å²) in [5.41, 5.74) is 17.2. The minimum absolute atomic E-state index is 0.150. The first kappa shape index (κ1) is 20.5. The summed E-state index contributed by atoms with van der Waals surface area (Å²) >= 11 is 0. The SMILES string of the molecule is N=NN=C(N)c1ccc2c(c1)c1ccccc1n2C(c1ccc(F)cc1)c1ccc(F)cc1. The Morgan fingerprint density at radius 2 is 1.33 bits per heavy atom. The maximum absolute atomic E-state index is 13.7. The largest absolute Gasteiger partial charge is 0.382 e. The second-order valence-corrected chi connectivity index (χ2v) is 7.71. The summed E-state index contributed by atoms with van der Waals surface area (Å²) in [5.74, 6) is -0.492. The highest BCUT2D eigenvalue weighted by molar-refractivity contribution is 6.11. The van der Waals surface area contributed by atoms with Crippen molar-refractivity contribution in [3.05, 3.63) is 119 Å². The molecule has 0 spiro atoms. The lowest BCUT2D eigenvalue weighted by molar-refractivity contribution is 0.622. The van der Waals surface area contributed by atoms with Gasteiger partial charge in [0.2, 0.25) is 0 Å². The third kappa shape index (κ3) is 3.63. The predicted octanol–water partition coefficient (Wildman–Crippen LogP) is 6.36. The molecule has 0 bridgehead atoms. The topological polar surface area (TPSA) is 79.5 Å². The second kappa shape index (κ2) is 8.27. The van der Waals surface area contributed by atoms with Gasteiger partial charge in [-0.1, -0.05) is 47.7 Å². The Labute approximate surface area is 188 Å². The Morgan fingerprint density at radius 1 is 0.758 bits per heavy atom. The lowest BCUT2D eigenvalue weighted by Crippen LogP contribution is -2.13. The Morgan fingerprint density at radius 3 is 1.94 bits per heavy atom. The van der Waals surface area contributed by atoms with Crippen LogP contribution in [0.5, 0.6) is 0 Å². The highest BCUT2D eigenvalue weighted by Crippen LogP contribution is 2.38. The van der Waals surface area contributed by atoms with Crippen molar-refractivity contribution in [1.29, 1.82) is 5.53 Å². The minimum atomic E-state index is -0.325. The van der Waals surface area contributed by atoms with E-state index in [1.807, 2.05) is 42.5 Å². The molecule has 0 aliphatic heterocycles. The van der Waals surface area contributed by atoms with Crippen molar-refractivity contribution < 1.29 is 8.78 Å². The van der Waals surface area contributed by atoms with Crippen molar-refractivity contribution >= 4 is 27.6 Å². The van der Waals surface area contributed by atoms with Gasteiger partial charge in [-0.2, -0.15) is 5.53 Å². The zero-order chi connectivity index (χ0) is 22.9. The van der Waals surface area contributed by atoms with E-state index in [9.17, 15) is 8.78 Å². The number of nitrogens with one attached hydrogen (secondary N) is 1. The fourth-order valence-electron chi connectivity index (χ4n) is 4.33. The molecular formula is C26H19F2N5. The van der Waals surface area contributed by atoms with E-state index in [4.69, 9.17) is 11.3 Å². The molecule has 33 heavy (non-hydrogen) atoms. The fourth-order valence-corrected chi connectivity index (χ4v) is 4.33. The number of hydrogen-bond donors (Lipinski definition) is 2. The van der Waals surface area contributed by atoms with Crippen LogP contribution in [-0.2, 0) is 0 Å². The number of amidine groups is 1. The molecule has 0 atom stereocenters. The van der Waals surface area contributed by atoms with E-state index in [1.165, 1.54) is 24.3 Å². The number of hydrogen-bond acceptors (Lipinski definition) is 2. The lowest BCUT2D eigenvalue weighted by atomic mass is 9.97. The standard InChI is InChI=1S/C26H19F2N5/c27-19-10-5-16(6-11-19)25(17-7-12-20(28)13-8-17)33-23-4-2-1-3-21(23)22-15-18(9-14-24(22)33)26(29)31-32-30/h1-15,25H,(H3,29,30,31). The smallest absolute Gasteiger partial charge is 0.155 e. The summed E-state index contributed by atoms with van der Waals surface area (Å²) in [6.07, 6.45) is 0. The van der Waals surface area contributed by atoms with E-state index in [0.717, 1.165) is 32.9 Å². The van der Waals surface area contributed by atoms with Crippen molar-refractivity contribution in [1.82, 2.24) is 4.57 Å². The number of para-hydroxylation sites is 1. The minimum Gasteiger partial charge on any atom is -0.382 e. The van der Waals surface area contributed by atoms with Crippen LogP contribution in [0.3, 0.4) is 0 Å². The number of nitrogens with zero attached hydrogens (tertiary/aromatic N) is 3. The normalized spacial score (nSPS) is 12.0. The van der Waals surface area contributed by atoms with Gasteiger partial charge in [-0.05, 0) is 59.7 Å². The summed E-state index contributed by atoms with van der Waals surface area (Å²) in [6, 6.07) is 26.0. The Hall–Kier alpha value is -4.39. The molecule has 0 unspecified atom stereocenters. The van der Waals surface area contributed by atoms with Crippen LogP contribution in [0.1, 0.15) is 22.7 Å². The molecule has 0 radical (unpaired) electrons. The second-order valence-electron chi connectivity index (χ2n) is 7.71. The number of rotatable bonds is 5. The number of fused-ring (bicyclic) bond motifs is 3. The molecule has 0 fully saturated rings. The lowest BCUT2D eigenvalue weighted by Gasteiger charge is -2.23. The predicted molar refractivity (Wildman–Crippen MR) is 125 cm³/mol. The van der Waals surface area contributed by atoms with Gasteiger partial charge in [0.05, 0.1) is 11.6 Å². The fraction of sp³-hybridized carbons (Fsp3) is 0.0385. The van der Waals surface area contributed by atoms with E-state index < -0.39 is 0 Å². The van der Waals surface area contributed by atoms with E-state index in [0.29, 0.717) is 5.56 Å². The first-order valence-corrected chi connectivity index (χ1v) is 10.3. The number of nitrogens with two attached hydrogens (primary N) is 1. The average molecular weight is 439 g/mol. The molecule has 162 valence electrons. The molecule has 7 heteroatoms. The molecule has 1 aromatic heterocycles. The van der Waals surface area contributed by atoms with E-state index in [2.05, 4.69) is 14.9 Å². The van der Waals surface area contributed by atoms with Crippen LogP contribution in [0.2, 0.25) is 0 Å². The van der Waals surface area contributed by atoms with Crippen LogP contribution in [-0.4, -0.2) is 10.4 Å². The van der Waals surface area contributed by atoms with Gasteiger partial charge in [0.15, 0.2) is 5.84 Å². The monoisotopic (exact) mass is 439 g/mol. The zero-order valence-electron chi connectivity index (χ0n) is 17.4. The van der Waals surface area contributed by atoms with Crippen LogP contribution in [0.25, 0.3) is 21.8 Å². The van der Waals surface area contributed by atoms with Gasteiger partial charge in [0.1, 0.15) is 11.6 Å². The van der Waals surface area contributed by atoms with Crippen molar-refractivity contribution in [2.24, 2.45) is 16.1 Å². The van der Waals surface area contributed by atoms with Crippen molar-refractivity contribution in [2.45, 2.75) is 6.04 Å². The molecule has 0 amide bonds. The molecule has 5 aromatic rings. The highest BCUT2D eigenvalue weighted by atomic mass is 19.1. The average Bonchev–Trinajstić information content (AvgIpc) is 3.15. The summed E-state index contributed by atoms with van der Waals surface area (Å²) < 4.78 is 29.6. The van der Waals surface area contributed by atoms with Gasteiger partial charge < -0.3 is 10.3 Å². The summed E-state index contributed by atoms with van der Waals surface area (Å²) in [7, 11) is 0. The van der Waals surface area contributed by atoms with E-state index >= 15 is 0 Å². The Kier molecular flexibility index (Phi) is 5.14. The Balaban J connectivity index is 1.84. The van der Waals surface area contributed by atoms with Crippen molar-refractivity contribution in [3.63, 3.8) is 0 Å². The van der Waals surface area contributed by atoms with Gasteiger partial charge in [-0.25, -0.2) is 8.78 Å². The Bertz CT molecular complexity index is 1460. The van der Waals surface area contributed by atoms with Crippen LogP contribution >= 0.6 is 0 Å². The van der Waals surface area contributed by atoms with E-state index in [-0.39, 0.29) is 23.5 Å². The summed E-state index contributed by atoms with van der Waals surface area (Å²) in [4.78, 5) is 0. The highest BCUT2D eigenvalue weighted by Gasteiger charge is 2.22. The van der Waals surface area contributed by atoms with Gasteiger partial charge in [-0.3, -0.25) is 0 Å². The molecule has 0 saturated heterocycles. The van der Waals surface area contributed by atoms with Gasteiger partial charge >= 0.3 is 0 Å². The van der Waals surface area contributed by atoms with Crippen LogP contribution in [0, 0.1) is 17.2 Å². The third-order valence-corrected chi connectivity index (χ3v) is 5.79. The quantitative estimate of drug-likeness (QED) is 0.142. The summed E-state index contributed by atoms with van der Waals surface area (Å²) in [6.45, 7) is 0. The molecule has 0 aliphatic carbocycles. The van der Waals surface area contributed by atoms with Crippen molar-refractivity contribution in [2.75, 3.05) is 0 Å². The molecular weight excluding hydrogens is 420 g/mol. The number of aromatic nitrogens is 1. The zero-order valence-corrected chi connectivity index (χ0v) is 17.4. The molecule has 1 heterocycles. The van der Waals surface area contributed by atoms with Gasteiger partial charge in [0, 0.05) is 21.9 Å². The summed E-state index contributed by atoms with van der Waals surface area (Å²) in [5, 5.41) is 8.62. The molecule has 5 rings (SSSR count). The van der Waals surface area contributed by atoms with Crippen LogP contribution in [0.15, 0.2) is 101 Å². The van der Waals surface area contributed by atoms with Crippen molar-refractivity contribution in [3.8, 4) is 0 Å². The van der Waals surface area contributed by atoms with Gasteiger partial charge in [-0.15, -0.1) is 5.10 Å². The van der Waals surface area contributed by atoms with Gasteiger partial charge in [0.25, 0.3) is 0 Å². The number of benzene rings is 4.